The normalized spacial score (nSPS) is 11.3. The molecule has 4 aromatic rings. The molecule has 2 aromatic carbocycles. The molecule has 0 aliphatic carbocycles. The van der Waals surface area contributed by atoms with E-state index in [0.29, 0.717) is 18.7 Å². The molecule has 0 bridgehead atoms. The molecule has 0 radical (unpaired) electrons. The zero-order chi connectivity index (χ0) is 22.7. The van der Waals surface area contributed by atoms with E-state index in [1.54, 1.807) is 7.05 Å². The molecule has 0 fully saturated rings. The summed E-state index contributed by atoms with van der Waals surface area (Å²) in [7, 11) is 5.67. The van der Waals surface area contributed by atoms with Crippen molar-refractivity contribution in [2.45, 2.75) is 13.5 Å². The average Bonchev–Trinajstić information content (AvgIpc) is 3.37. The van der Waals surface area contributed by atoms with Crippen molar-refractivity contribution >= 4 is 16.9 Å². The van der Waals surface area contributed by atoms with E-state index >= 15 is 0 Å². The molecule has 8 nitrogen and oxygen atoms in total. The van der Waals surface area contributed by atoms with E-state index in [1.165, 1.54) is 0 Å². The van der Waals surface area contributed by atoms with E-state index in [1.807, 2.05) is 63.5 Å². The van der Waals surface area contributed by atoms with E-state index in [2.05, 4.69) is 31.0 Å². The van der Waals surface area contributed by atoms with E-state index in [0.717, 1.165) is 46.1 Å². The topological polar surface area (TPSA) is 88.1 Å². The molecular weight excluding hydrogens is 404 g/mol. The molecule has 32 heavy (non-hydrogen) atoms. The number of amides is 1. The lowest BCUT2D eigenvalue weighted by Gasteiger charge is -2.15. The number of carbonyl (C=O) groups is 1. The fourth-order valence-corrected chi connectivity index (χ4v) is 3.59. The van der Waals surface area contributed by atoms with Crippen LogP contribution in [0.5, 0.6) is 5.75 Å². The highest BCUT2D eigenvalue weighted by Gasteiger charge is 2.18. The third-order valence-corrected chi connectivity index (χ3v) is 5.27. The Labute approximate surface area is 187 Å². The number of rotatable bonds is 8. The summed E-state index contributed by atoms with van der Waals surface area (Å²) in [5, 5.41) is 10.1. The van der Waals surface area contributed by atoms with Crippen molar-refractivity contribution in [3.05, 3.63) is 65.4 Å². The predicted molar refractivity (Wildman–Crippen MR) is 125 cm³/mol. The minimum absolute atomic E-state index is 0.141. The number of H-pyrrole nitrogens is 1. The van der Waals surface area contributed by atoms with Gasteiger partial charge in [-0.05, 0) is 51.4 Å². The number of hydrogen-bond acceptors (Lipinski definition) is 5. The van der Waals surface area contributed by atoms with E-state index in [-0.39, 0.29) is 5.91 Å². The Balaban J connectivity index is 1.77. The highest BCUT2D eigenvalue weighted by atomic mass is 16.5. The molecule has 2 N–H and O–H groups in total. The lowest BCUT2D eigenvalue weighted by molar-refractivity contribution is 0.0963. The number of nitrogens with zero attached hydrogens (tertiary/aromatic N) is 4. The quantitative estimate of drug-likeness (QED) is 0.447. The molecular formula is C24H28N6O2. The Hall–Kier alpha value is -3.65. The number of benzene rings is 2. The first-order valence-corrected chi connectivity index (χ1v) is 10.6. The minimum Gasteiger partial charge on any atom is -0.492 e. The molecule has 4 rings (SSSR count). The number of nitrogens with one attached hydrogen (secondary N) is 2. The molecule has 0 saturated heterocycles. The molecule has 2 aromatic heterocycles. The molecule has 0 aliphatic rings. The smallest absolute Gasteiger partial charge is 0.251 e. The largest absolute Gasteiger partial charge is 0.492 e. The van der Waals surface area contributed by atoms with Crippen LogP contribution in [0, 0.1) is 6.92 Å². The van der Waals surface area contributed by atoms with Gasteiger partial charge in [0.05, 0.1) is 17.6 Å². The van der Waals surface area contributed by atoms with Gasteiger partial charge in [0, 0.05) is 30.4 Å². The highest BCUT2D eigenvalue weighted by Crippen LogP contribution is 2.28. The summed E-state index contributed by atoms with van der Waals surface area (Å²) in [6.07, 6.45) is 0. The second-order valence-corrected chi connectivity index (χ2v) is 8.00. The molecule has 0 atom stereocenters. The van der Waals surface area contributed by atoms with Crippen LogP contribution < -0.4 is 10.1 Å². The van der Waals surface area contributed by atoms with Gasteiger partial charge in [0.1, 0.15) is 18.1 Å². The molecule has 0 aliphatic heterocycles. The van der Waals surface area contributed by atoms with Gasteiger partial charge in [-0.1, -0.05) is 18.2 Å². The van der Waals surface area contributed by atoms with Crippen LogP contribution in [0.4, 0.5) is 0 Å². The maximum atomic E-state index is 12.1. The molecule has 0 spiro atoms. The number of aryl methyl sites for hydroxylation is 1. The van der Waals surface area contributed by atoms with Crippen molar-refractivity contribution in [1.29, 1.82) is 0 Å². The minimum atomic E-state index is -0.141. The maximum Gasteiger partial charge on any atom is 0.251 e. The van der Waals surface area contributed by atoms with Gasteiger partial charge in [-0.3, -0.25) is 9.89 Å². The lowest BCUT2D eigenvalue weighted by Crippen LogP contribution is -2.20. The zero-order valence-electron chi connectivity index (χ0n) is 18.8. The Morgan fingerprint density at radius 3 is 2.72 bits per heavy atom. The van der Waals surface area contributed by atoms with Gasteiger partial charge in [0.25, 0.3) is 5.91 Å². The molecule has 8 heteroatoms. The predicted octanol–water partition coefficient (Wildman–Crippen LogP) is 3.08. The van der Waals surface area contributed by atoms with E-state index in [9.17, 15) is 4.79 Å². The van der Waals surface area contributed by atoms with Crippen molar-refractivity contribution < 1.29 is 9.53 Å². The highest BCUT2D eigenvalue weighted by molar-refractivity contribution is 5.97. The Bertz CT molecular complexity index is 1240. The van der Waals surface area contributed by atoms with Crippen LogP contribution in [-0.4, -0.2) is 64.9 Å². The standard InChI is InChI=1S/C24H28N6O2/c1-16-13-20(28-27-16)23-26-19-14-17(24(31)25-2)9-10-21(19)30(23)15-18-7-5-6-8-22(18)32-12-11-29(3)4/h5-10,13-14H,11-12,15H2,1-4H3,(H,25,31)(H,27,28). The molecule has 166 valence electrons. The van der Waals surface area contributed by atoms with Crippen LogP contribution in [0.25, 0.3) is 22.6 Å². The average molecular weight is 433 g/mol. The zero-order valence-corrected chi connectivity index (χ0v) is 18.8. The fraction of sp³-hybridized carbons (Fsp3) is 0.292. The fourth-order valence-electron chi connectivity index (χ4n) is 3.59. The van der Waals surface area contributed by atoms with Crippen LogP contribution in [0.15, 0.2) is 48.5 Å². The second-order valence-electron chi connectivity index (χ2n) is 8.00. The maximum absolute atomic E-state index is 12.1. The number of para-hydroxylation sites is 1. The summed E-state index contributed by atoms with van der Waals surface area (Å²) < 4.78 is 8.19. The van der Waals surface area contributed by atoms with Gasteiger partial charge in [0.2, 0.25) is 0 Å². The van der Waals surface area contributed by atoms with E-state index < -0.39 is 0 Å². The van der Waals surface area contributed by atoms with Gasteiger partial charge in [-0.2, -0.15) is 5.10 Å². The number of hydrogen-bond donors (Lipinski definition) is 2. The third kappa shape index (κ3) is 4.50. The van der Waals surface area contributed by atoms with Gasteiger partial charge >= 0.3 is 0 Å². The first-order valence-electron chi connectivity index (χ1n) is 10.6. The van der Waals surface area contributed by atoms with Gasteiger partial charge < -0.3 is 19.5 Å². The summed E-state index contributed by atoms with van der Waals surface area (Å²) in [6, 6.07) is 15.6. The summed E-state index contributed by atoms with van der Waals surface area (Å²) in [5.41, 5.74) is 5.00. The lowest BCUT2D eigenvalue weighted by atomic mass is 10.1. The van der Waals surface area contributed by atoms with Crippen molar-refractivity contribution in [1.82, 2.24) is 30.0 Å². The van der Waals surface area contributed by atoms with Crippen molar-refractivity contribution in [3.63, 3.8) is 0 Å². The first kappa shape index (κ1) is 21.6. The summed E-state index contributed by atoms with van der Waals surface area (Å²) in [6.45, 7) is 3.97. The number of aromatic amines is 1. The second kappa shape index (κ2) is 9.23. The summed E-state index contributed by atoms with van der Waals surface area (Å²) >= 11 is 0. The summed E-state index contributed by atoms with van der Waals surface area (Å²) in [5.74, 6) is 1.45. The number of aromatic nitrogens is 4. The van der Waals surface area contributed by atoms with Crippen LogP contribution in [0.3, 0.4) is 0 Å². The van der Waals surface area contributed by atoms with Gasteiger partial charge in [-0.25, -0.2) is 4.98 Å². The molecule has 1 amide bonds. The number of ether oxygens (including phenoxy) is 1. The third-order valence-electron chi connectivity index (χ3n) is 5.27. The van der Waals surface area contributed by atoms with Crippen LogP contribution in [0.1, 0.15) is 21.6 Å². The Morgan fingerprint density at radius 2 is 2.00 bits per heavy atom. The van der Waals surface area contributed by atoms with Crippen LogP contribution in [0.2, 0.25) is 0 Å². The molecule has 0 saturated carbocycles. The van der Waals surface area contributed by atoms with Gasteiger partial charge in [-0.15, -0.1) is 0 Å². The monoisotopic (exact) mass is 432 g/mol. The van der Waals surface area contributed by atoms with Crippen molar-refractivity contribution in [3.8, 4) is 17.3 Å². The molecule has 2 heterocycles. The number of imidazole rings is 1. The number of fused-ring (bicyclic) bond motifs is 1. The van der Waals surface area contributed by atoms with Gasteiger partial charge in [0.15, 0.2) is 5.82 Å². The van der Waals surface area contributed by atoms with Crippen molar-refractivity contribution in [2.24, 2.45) is 0 Å². The number of carbonyl (C=O) groups excluding carboxylic acids is 1. The summed E-state index contributed by atoms with van der Waals surface area (Å²) in [4.78, 5) is 19.1. The Morgan fingerprint density at radius 1 is 1.19 bits per heavy atom. The molecule has 0 unspecified atom stereocenters. The Kier molecular flexibility index (Phi) is 6.23. The first-order chi connectivity index (χ1) is 15.5. The van der Waals surface area contributed by atoms with Crippen LogP contribution in [-0.2, 0) is 6.54 Å². The van der Waals surface area contributed by atoms with E-state index in [4.69, 9.17) is 9.72 Å². The number of likely N-dealkylation sites (N-methyl/N-ethyl adjacent to an activating group) is 1. The SMILES string of the molecule is CNC(=O)c1ccc2c(c1)nc(-c1cc(C)[nH]n1)n2Cc1ccccc1OCCN(C)C. The van der Waals surface area contributed by atoms with Crippen LogP contribution >= 0.6 is 0 Å². The van der Waals surface area contributed by atoms with Crippen molar-refractivity contribution in [2.75, 3.05) is 34.3 Å².